The van der Waals surface area contributed by atoms with Crippen molar-refractivity contribution in [1.82, 2.24) is 10.2 Å². The van der Waals surface area contributed by atoms with Gasteiger partial charge in [-0.2, -0.15) is 5.26 Å². The highest BCUT2D eigenvalue weighted by Crippen LogP contribution is 2.50. The fourth-order valence-corrected chi connectivity index (χ4v) is 6.40. The van der Waals surface area contributed by atoms with Gasteiger partial charge in [-0.1, -0.05) is 18.2 Å². The number of carbonyl (C=O) groups excluding carboxylic acids is 2. The van der Waals surface area contributed by atoms with Crippen LogP contribution in [0.1, 0.15) is 23.6 Å². The average Bonchev–Trinajstić information content (AvgIpc) is 3.22. The molecule has 0 spiro atoms. The lowest BCUT2D eigenvalue weighted by atomic mass is 9.74. The van der Waals surface area contributed by atoms with Gasteiger partial charge >= 0.3 is 0 Å². The predicted octanol–water partition coefficient (Wildman–Crippen LogP) is 2.66. The Kier molecular flexibility index (Phi) is 7.86. The van der Waals surface area contributed by atoms with Gasteiger partial charge in [0.2, 0.25) is 5.91 Å². The van der Waals surface area contributed by atoms with Crippen LogP contribution < -0.4 is 19.1 Å². The number of sulfonamides is 1. The lowest BCUT2D eigenvalue weighted by molar-refractivity contribution is -0.131. The maximum absolute atomic E-state index is 14.7. The lowest BCUT2D eigenvalue weighted by Gasteiger charge is -2.32. The highest BCUT2D eigenvalue weighted by molar-refractivity contribution is 7.93. The van der Waals surface area contributed by atoms with E-state index in [1.807, 2.05) is 0 Å². The van der Waals surface area contributed by atoms with Gasteiger partial charge in [0, 0.05) is 26.2 Å². The molecule has 0 radical (unpaired) electrons. The predicted molar refractivity (Wildman–Crippen MR) is 149 cm³/mol. The number of nitrogens with one attached hydrogen (secondary N) is 1. The van der Waals surface area contributed by atoms with Crippen molar-refractivity contribution in [3.63, 3.8) is 0 Å². The van der Waals surface area contributed by atoms with Crippen LogP contribution in [0.25, 0.3) is 0 Å². The third-order valence-electron chi connectivity index (χ3n) is 7.00. The lowest BCUT2D eigenvalue weighted by Crippen LogP contribution is -2.53. The summed E-state index contributed by atoms with van der Waals surface area (Å²) in [6.45, 7) is 1.51. The highest BCUT2D eigenvalue weighted by Gasteiger charge is 2.57. The van der Waals surface area contributed by atoms with Crippen molar-refractivity contribution in [2.75, 3.05) is 39.2 Å². The van der Waals surface area contributed by atoms with Crippen molar-refractivity contribution in [2.24, 2.45) is 0 Å². The third kappa shape index (κ3) is 4.65. The number of anilines is 1. The second kappa shape index (κ2) is 11.0. The SMILES string of the molecule is COc1ccc(S(=O)(=O)N2C(=O)C(CN[C@@H](C)C(=O)N(C)C)(c3ccccc3OC)c3cc(C#N)ccc32)cc1. The quantitative estimate of drug-likeness (QED) is 0.422. The van der Waals surface area contributed by atoms with Crippen molar-refractivity contribution in [3.05, 3.63) is 83.4 Å². The molecule has 0 aliphatic carbocycles. The largest absolute Gasteiger partial charge is 0.497 e. The zero-order valence-corrected chi connectivity index (χ0v) is 23.7. The zero-order chi connectivity index (χ0) is 29.2. The first-order valence-corrected chi connectivity index (χ1v) is 13.8. The van der Waals surface area contributed by atoms with Crippen molar-refractivity contribution in [2.45, 2.75) is 23.3 Å². The minimum absolute atomic E-state index is 0.110. The van der Waals surface area contributed by atoms with Gasteiger partial charge in [0.1, 0.15) is 16.9 Å². The van der Waals surface area contributed by atoms with Crippen molar-refractivity contribution >= 4 is 27.5 Å². The van der Waals surface area contributed by atoms with Gasteiger partial charge in [-0.05, 0) is 61.0 Å². The van der Waals surface area contributed by atoms with Crippen LogP contribution in [-0.2, 0) is 25.0 Å². The Labute approximate surface area is 233 Å². The summed E-state index contributed by atoms with van der Waals surface area (Å²) in [6, 6.07) is 18.3. The fourth-order valence-electron chi connectivity index (χ4n) is 4.92. The number of hydrogen-bond acceptors (Lipinski definition) is 8. The molecule has 11 heteroatoms. The molecule has 3 aromatic carbocycles. The number of benzene rings is 3. The van der Waals surface area contributed by atoms with Gasteiger partial charge in [0.05, 0.1) is 42.5 Å². The maximum Gasteiger partial charge on any atom is 0.270 e. The second-order valence-corrected chi connectivity index (χ2v) is 11.3. The zero-order valence-electron chi connectivity index (χ0n) is 22.8. The van der Waals surface area contributed by atoms with E-state index in [4.69, 9.17) is 9.47 Å². The van der Waals surface area contributed by atoms with E-state index in [1.165, 1.54) is 61.6 Å². The smallest absolute Gasteiger partial charge is 0.270 e. The standard InChI is InChI=1S/C29H30N4O6S/c1-19(27(34)32(2)3)31-18-29(23-8-6-7-9-26(23)39-5)24-16-20(17-30)10-15-25(24)33(28(29)35)40(36,37)22-13-11-21(38-4)12-14-22/h6-16,19,31H,18H2,1-5H3/t19-,29?/m0/s1. The molecule has 10 nitrogen and oxygen atoms in total. The summed E-state index contributed by atoms with van der Waals surface area (Å²) in [6.07, 6.45) is 0. The summed E-state index contributed by atoms with van der Waals surface area (Å²) in [5, 5.41) is 12.9. The molecule has 1 aliphatic rings. The topological polar surface area (TPSA) is 129 Å². The summed E-state index contributed by atoms with van der Waals surface area (Å²) >= 11 is 0. The number of nitriles is 1. The van der Waals surface area contributed by atoms with Crippen LogP contribution in [0.3, 0.4) is 0 Å². The van der Waals surface area contributed by atoms with E-state index < -0.39 is 27.4 Å². The van der Waals surface area contributed by atoms with E-state index in [1.54, 1.807) is 45.3 Å². The molecule has 0 saturated heterocycles. The number of nitrogens with zero attached hydrogens (tertiary/aromatic N) is 3. The Morgan fingerprint density at radius 3 is 2.33 bits per heavy atom. The molecule has 40 heavy (non-hydrogen) atoms. The van der Waals surface area contributed by atoms with Crippen LogP contribution in [0.2, 0.25) is 0 Å². The van der Waals surface area contributed by atoms with Crippen molar-refractivity contribution in [1.29, 1.82) is 5.26 Å². The van der Waals surface area contributed by atoms with Crippen LogP contribution in [0.15, 0.2) is 71.6 Å². The highest BCUT2D eigenvalue weighted by atomic mass is 32.2. The molecule has 1 N–H and O–H groups in total. The Morgan fingerprint density at radius 2 is 1.73 bits per heavy atom. The average molecular weight is 563 g/mol. The summed E-state index contributed by atoms with van der Waals surface area (Å²) < 4.78 is 39.7. The number of rotatable bonds is 9. The number of hydrogen-bond donors (Lipinski definition) is 1. The summed E-state index contributed by atoms with van der Waals surface area (Å²) in [4.78, 5) is 28.7. The minimum Gasteiger partial charge on any atom is -0.497 e. The molecule has 0 fully saturated rings. The van der Waals surface area contributed by atoms with Crippen LogP contribution in [0.5, 0.6) is 11.5 Å². The molecule has 2 atom stereocenters. The molecular formula is C29H30N4O6S. The number of para-hydroxylation sites is 1. The number of likely N-dealkylation sites (N-methyl/N-ethyl adjacent to an activating group) is 1. The van der Waals surface area contributed by atoms with E-state index in [-0.39, 0.29) is 28.6 Å². The molecule has 0 bridgehead atoms. The van der Waals surface area contributed by atoms with Crippen molar-refractivity contribution in [3.8, 4) is 17.6 Å². The normalized spacial score (nSPS) is 17.1. The Balaban J connectivity index is 1.99. The molecule has 1 aliphatic heterocycles. The molecule has 0 saturated carbocycles. The summed E-state index contributed by atoms with van der Waals surface area (Å²) in [5.41, 5.74) is -0.612. The Bertz CT molecular complexity index is 1600. The van der Waals surface area contributed by atoms with Gasteiger partial charge in [0.15, 0.2) is 0 Å². The monoisotopic (exact) mass is 562 g/mol. The molecule has 2 amide bonds. The van der Waals surface area contributed by atoms with E-state index in [9.17, 15) is 23.3 Å². The number of fused-ring (bicyclic) bond motifs is 1. The van der Waals surface area contributed by atoms with E-state index in [0.717, 1.165) is 4.31 Å². The molecule has 1 heterocycles. The first-order chi connectivity index (χ1) is 19.0. The molecule has 0 aromatic heterocycles. The molecule has 4 rings (SSSR count). The summed E-state index contributed by atoms with van der Waals surface area (Å²) in [5.74, 6) is -0.191. The van der Waals surface area contributed by atoms with E-state index in [0.29, 0.717) is 22.6 Å². The first kappa shape index (κ1) is 28.6. The minimum atomic E-state index is -4.41. The molecule has 3 aromatic rings. The van der Waals surface area contributed by atoms with Gasteiger partial charge in [-0.25, -0.2) is 12.7 Å². The second-order valence-electron chi connectivity index (χ2n) is 9.53. The first-order valence-electron chi connectivity index (χ1n) is 12.4. The number of ether oxygens (including phenoxy) is 2. The Morgan fingerprint density at radius 1 is 1.05 bits per heavy atom. The van der Waals surface area contributed by atoms with E-state index >= 15 is 0 Å². The molecule has 208 valence electrons. The Hall–Kier alpha value is -4.40. The summed E-state index contributed by atoms with van der Waals surface area (Å²) in [7, 11) is 1.75. The van der Waals surface area contributed by atoms with E-state index in [2.05, 4.69) is 11.4 Å². The fraction of sp³-hybridized carbons (Fsp3) is 0.276. The molecule has 1 unspecified atom stereocenters. The van der Waals surface area contributed by atoms with Crippen LogP contribution in [-0.4, -0.2) is 66.0 Å². The van der Waals surface area contributed by atoms with Crippen LogP contribution >= 0.6 is 0 Å². The van der Waals surface area contributed by atoms with Crippen molar-refractivity contribution < 1.29 is 27.5 Å². The number of carbonyl (C=O) groups is 2. The van der Waals surface area contributed by atoms with Crippen LogP contribution in [0, 0.1) is 11.3 Å². The molecular weight excluding hydrogens is 532 g/mol. The third-order valence-corrected chi connectivity index (χ3v) is 8.71. The van der Waals surface area contributed by atoms with Gasteiger partial charge in [0.25, 0.3) is 15.9 Å². The van der Waals surface area contributed by atoms with Crippen LogP contribution in [0.4, 0.5) is 5.69 Å². The van der Waals surface area contributed by atoms with Gasteiger partial charge in [-0.3, -0.25) is 9.59 Å². The number of methoxy groups -OCH3 is 2. The maximum atomic E-state index is 14.7. The van der Waals surface area contributed by atoms with Gasteiger partial charge < -0.3 is 19.7 Å². The number of amides is 2. The van der Waals surface area contributed by atoms with Gasteiger partial charge in [-0.15, -0.1) is 0 Å².